The Morgan fingerprint density at radius 1 is 0.450 bits per heavy atom. The van der Waals surface area contributed by atoms with Crippen molar-refractivity contribution >= 4 is 84.6 Å². The van der Waals surface area contributed by atoms with E-state index in [1.165, 1.54) is 71.0 Å². The number of amides is 3. The number of ether oxygens (including phenoxy) is 4. The van der Waals surface area contributed by atoms with Crippen molar-refractivity contribution in [3.8, 4) is 30.2 Å². The van der Waals surface area contributed by atoms with Crippen LogP contribution in [0, 0.1) is 22.7 Å². The number of aromatic nitrogens is 7. The predicted molar refractivity (Wildman–Crippen MR) is 494 cm³/mol. The second kappa shape index (κ2) is 41.0. The van der Waals surface area contributed by atoms with E-state index in [1.54, 1.807) is 41.2 Å². The molecule has 31 heteroatoms. The minimum Gasteiger partial charge on any atom is -0.462 e. The van der Waals surface area contributed by atoms with Gasteiger partial charge in [-0.25, -0.2) is 0 Å². The molecule has 6 saturated heterocycles. The maximum absolute atomic E-state index is 14.1. The Kier molecular flexibility index (Phi) is 28.6. The summed E-state index contributed by atoms with van der Waals surface area (Å²) in [6, 6.07) is 38.8. The van der Waals surface area contributed by atoms with Gasteiger partial charge in [0.05, 0.1) is 85.4 Å². The van der Waals surface area contributed by atoms with E-state index in [9.17, 15) is 38.1 Å². The average Bonchev–Trinajstić information content (AvgIpc) is 1.07. The molecule has 9 aliphatic heterocycles. The fourth-order valence-corrected chi connectivity index (χ4v) is 20.1. The first-order valence-corrected chi connectivity index (χ1v) is 45.4. The number of benzene rings is 5. The van der Waals surface area contributed by atoms with Crippen LogP contribution in [0.3, 0.4) is 0 Å². The van der Waals surface area contributed by atoms with Crippen LogP contribution in [0.15, 0.2) is 153 Å². The summed E-state index contributed by atoms with van der Waals surface area (Å²) in [5.41, 5.74) is 8.10. The van der Waals surface area contributed by atoms with E-state index in [4.69, 9.17) is 48.9 Å². The lowest BCUT2D eigenvalue weighted by molar-refractivity contribution is -0.136. The van der Waals surface area contributed by atoms with E-state index in [-0.39, 0.29) is 72.7 Å². The number of nitriles is 2. The Bertz CT molecular complexity index is 5640. The number of alkyl halides is 3. The average molecular weight is 1760 g/mol. The fourth-order valence-electron chi connectivity index (χ4n) is 20.1. The van der Waals surface area contributed by atoms with Crippen molar-refractivity contribution in [3.63, 3.8) is 0 Å². The molecule has 0 radical (unpaired) electrons. The Labute approximate surface area is 752 Å². The quantitative estimate of drug-likeness (QED) is 0.0539. The topological polar surface area (TPSA) is 265 Å². The van der Waals surface area contributed by atoms with Crippen LogP contribution in [-0.4, -0.2) is 271 Å². The van der Waals surface area contributed by atoms with Crippen molar-refractivity contribution in [2.75, 3.05) is 182 Å². The molecule has 0 aliphatic carbocycles. The standard InChI is InChI=1S/C33H36F3N7O2.C33H39N7O2.C32H41N7O3/c1-3-29(44)43-18-17-42(19-23(43)12-14-37)31-25-13-16-41(20-27(25)38-32(39-31)45-21-24-9-6-15-40(24)2)28-11-5-8-22-7-4-10-26(30(22)28)33(34,35)36;1-3-31(41)40-20-19-39(21-25(40)14-16-34)32-28-15-18-38(30-13-8-10-24-9-4-5-12-27(24)30)22-29(28)35-33(36-32)42-23-26-11-6-7-17-37(26)2;1-4-30(40)39-17-16-38(20-24(39)12-18-41-3)31-26-11-15-37(29-9-5-7-23-10-13-33-19-27(23)29)21-28(26)34-32(35-31)42-22-25-8-6-14-36(25)2/h3-5,7-8,10-11,23-24H,1,6,9,12-13,15-21H2,2H3;3-5,8-10,12-13,25-26H,1,6-7,11,14-15,17-23H2,2H3;4-5,7,9-10,13,19,24-25H,1,6,8,11-12,14-18,20-22H2,2-3H3/t23-,24-;25-,26+;24-,25-/m000/s1. The molecule has 9 aromatic rings. The number of fused-ring (bicyclic) bond motifs is 6. The van der Waals surface area contributed by atoms with Crippen molar-refractivity contribution in [1.82, 2.24) is 64.3 Å². The van der Waals surface area contributed by atoms with Crippen molar-refractivity contribution in [2.24, 2.45) is 0 Å². The highest BCUT2D eigenvalue weighted by molar-refractivity contribution is 5.98. The number of piperazine rings is 3. The smallest absolute Gasteiger partial charge is 0.417 e. The molecule has 0 N–H and O–H groups in total. The number of carbonyl (C=O) groups is 3. The summed E-state index contributed by atoms with van der Waals surface area (Å²) in [5, 5.41) is 24.5. The zero-order chi connectivity index (χ0) is 89.8. The largest absolute Gasteiger partial charge is 0.462 e. The van der Waals surface area contributed by atoms with E-state index in [1.807, 2.05) is 22.2 Å². The monoisotopic (exact) mass is 1760 g/mol. The molecule has 0 saturated carbocycles. The molecule has 3 amide bonds. The Morgan fingerprint density at radius 2 is 0.853 bits per heavy atom. The molecule has 13 heterocycles. The first-order valence-electron chi connectivity index (χ1n) is 45.4. The lowest BCUT2D eigenvalue weighted by atomic mass is 9.98. The van der Waals surface area contributed by atoms with Crippen molar-refractivity contribution in [3.05, 3.63) is 193 Å². The number of rotatable bonds is 23. The van der Waals surface area contributed by atoms with Gasteiger partial charge in [-0.3, -0.25) is 19.4 Å². The molecule has 4 aromatic heterocycles. The zero-order valence-electron chi connectivity index (χ0n) is 74.4. The molecule has 129 heavy (non-hydrogen) atoms. The number of anilines is 6. The maximum atomic E-state index is 14.1. The number of likely N-dealkylation sites (tertiary alicyclic amines) is 3. The van der Waals surface area contributed by atoms with Crippen LogP contribution in [0.1, 0.15) is 104 Å². The molecule has 0 bridgehead atoms. The van der Waals surface area contributed by atoms with Gasteiger partial charge in [0.1, 0.15) is 37.3 Å². The second-order valence-electron chi connectivity index (χ2n) is 35.0. The molecule has 28 nitrogen and oxygen atoms in total. The molecular formula is C98H116F3N21O7. The van der Waals surface area contributed by atoms with Crippen LogP contribution in [0.25, 0.3) is 32.3 Å². The second-order valence-corrected chi connectivity index (χ2v) is 35.0. The van der Waals surface area contributed by atoms with E-state index in [2.05, 4.69) is 164 Å². The van der Waals surface area contributed by atoms with Crippen LogP contribution < -0.4 is 43.6 Å². The first kappa shape index (κ1) is 90.1. The Hall–Kier alpha value is -12.3. The summed E-state index contributed by atoms with van der Waals surface area (Å²) in [7, 11) is 8.08. The van der Waals surface area contributed by atoms with Gasteiger partial charge in [0.25, 0.3) is 0 Å². The van der Waals surface area contributed by atoms with Crippen LogP contribution in [0.5, 0.6) is 18.0 Å². The number of methoxy groups -OCH3 is 1. The lowest BCUT2D eigenvalue weighted by Gasteiger charge is -2.43. The van der Waals surface area contributed by atoms with Gasteiger partial charge in [-0.1, -0.05) is 99.0 Å². The molecule has 676 valence electrons. The number of piperidine rings is 1. The lowest BCUT2D eigenvalue weighted by Crippen LogP contribution is -2.55. The molecule has 5 aromatic carbocycles. The highest BCUT2D eigenvalue weighted by Gasteiger charge is 2.41. The molecule has 9 aliphatic rings. The molecule has 0 unspecified atom stereocenters. The van der Waals surface area contributed by atoms with Crippen LogP contribution in [-0.2, 0) is 64.2 Å². The zero-order valence-corrected chi connectivity index (χ0v) is 74.4. The summed E-state index contributed by atoms with van der Waals surface area (Å²) < 4.78 is 66.6. The fraction of sp³-hybridized carbons (Fsp3) is 0.469. The molecule has 6 atom stereocenters. The van der Waals surface area contributed by atoms with Crippen LogP contribution in [0.2, 0.25) is 0 Å². The van der Waals surface area contributed by atoms with E-state index < -0.39 is 11.7 Å². The number of likely N-dealkylation sites (N-methyl/N-ethyl adjacent to an activating group) is 3. The van der Waals surface area contributed by atoms with Gasteiger partial charge in [0, 0.05) is 173 Å². The van der Waals surface area contributed by atoms with Crippen molar-refractivity contribution < 1.29 is 46.5 Å². The van der Waals surface area contributed by atoms with Gasteiger partial charge in [-0.2, -0.15) is 53.6 Å². The van der Waals surface area contributed by atoms with Gasteiger partial charge in [0.2, 0.25) is 17.7 Å². The highest BCUT2D eigenvalue weighted by Crippen LogP contribution is 2.44. The van der Waals surface area contributed by atoms with E-state index in [0.717, 1.165) is 129 Å². The maximum Gasteiger partial charge on any atom is 0.417 e. The van der Waals surface area contributed by atoms with Gasteiger partial charge in [0.15, 0.2) is 0 Å². The number of nitrogens with zero attached hydrogens (tertiary/aromatic N) is 21. The van der Waals surface area contributed by atoms with Crippen LogP contribution in [0.4, 0.5) is 47.7 Å². The third-order valence-electron chi connectivity index (χ3n) is 27.2. The normalized spacial score (nSPS) is 20.9. The molecule has 0 spiro atoms. The van der Waals surface area contributed by atoms with Gasteiger partial charge < -0.3 is 77.7 Å². The number of hydrogen-bond donors (Lipinski definition) is 0. The first-order chi connectivity index (χ1) is 62.8. The summed E-state index contributed by atoms with van der Waals surface area (Å²) >= 11 is 0. The summed E-state index contributed by atoms with van der Waals surface area (Å²) in [5.74, 6) is 2.11. The number of hydrogen-bond acceptors (Lipinski definition) is 25. The minimum atomic E-state index is -4.50. The third kappa shape index (κ3) is 20.3. The van der Waals surface area contributed by atoms with E-state index >= 15 is 0 Å². The molecular weight excluding hydrogens is 1640 g/mol. The van der Waals surface area contributed by atoms with Crippen molar-refractivity contribution in [2.45, 2.75) is 146 Å². The Balaban J connectivity index is 0.000000142. The third-order valence-corrected chi connectivity index (χ3v) is 27.2. The number of halogens is 3. The van der Waals surface area contributed by atoms with Gasteiger partial charge >= 0.3 is 24.2 Å². The Morgan fingerprint density at radius 3 is 1.30 bits per heavy atom. The number of carbonyl (C=O) groups excluding carboxylic acids is 3. The number of pyridine rings is 1. The summed E-state index contributed by atoms with van der Waals surface area (Å²) in [4.78, 5) is 97.5. The minimum absolute atomic E-state index is 0.00888. The van der Waals surface area contributed by atoms with E-state index in [0.29, 0.717) is 158 Å². The predicted octanol–water partition coefficient (Wildman–Crippen LogP) is 12.3. The highest BCUT2D eigenvalue weighted by atomic mass is 19.4. The van der Waals surface area contributed by atoms with Crippen molar-refractivity contribution in [1.29, 1.82) is 10.5 Å². The van der Waals surface area contributed by atoms with Gasteiger partial charge in [-0.05, 0) is 170 Å². The van der Waals surface area contributed by atoms with Gasteiger partial charge in [-0.15, -0.1) is 0 Å². The summed E-state index contributed by atoms with van der Waals surface area (Å²) in [6.45, 7) is 25.0. The molecule has 18 rings (SSSR count). The summed E-state index contributed by atoms with van der Waals surface area (Å²) in [6.07, 6.45) is 14.6. The van der Waals surface area contributed by atoms with Crippen LogP contribution >= 0.6 is 0 Å². The molecule has 6 fully saturated rings. The SMILES string of the molecule is C=CC(=O)N1CCN(c2nc(OC[C@@H]3CCCN3C)nc3c2CCN(c2cccc4cccc(C(F)(F)F)c24)C3)C[C@@H]1CC#N.C=CC(=O)N1CCN(c2nc(OC[C@@H]3CCCN3C)nc3c2CCN(c2cccc4ccncc24)C3)C[C@@H]1CCOC.C=CC(=O)N1CCN(c2nc(OC[C@H]3CCCCN3C)nc3c2CCN(c2cccc4ccccc24)C3)C[C@@H]1CC#N.